The highest BCUT2D eigenvalue weighted by molar-refractivity contribution is 5.67. The summed E-state index contributed by atoms with van der Waals surface area (Å²) in [6.45, 7) is 4.22. The Hall–Kier alpha value is -2.63. The zero-order valence-electron chi connectivity index (χ0n) is 17.5. The lowest BCUT2D eigenvalue weighted by molar-refractivity contribution is 0.0998. The Kier molecular flexibility index (Phi) is 8.48. The van der Waals surface area contributed by atoms with E-state index in [1.54, 1.807) is 0 Å². The number of allylic oxidation sites excluding steroid dienone is 6. The summed E-state index contributed by atoms with van der Waals surface area (Å²) in [4.78, 5) is 11.8. The van der Waals surface area contributed by atoms with Gasteiger partial charge in [-0.2, -0.15) is 0 Å². The Bertz CT molecular complexity index is 823. The van der Waals surface area contributed by atoms with Gasteiger partial charge in [0.1, 0.15) is 6.61 Å². The van der Waals surface area contributed by atoms with Gasteiger partial charge in [0.25, 0.3) is 0 Å². The number of aliphatic hydroxyl groups excluding tert-OH is 1. The summed E-state index contributed by atoms with van der Waals surface area (Å²) in [5.74, 6) is 0.554. The topological polar surface area (TPSA) is 67.8 Å². The summed E-state index contributed by atoms with van der Waals surface area (Å²) in [6, 6.07) is 10.2. The summed E-state index contributed by atoms with van der Waals surface area (Å²) < 4.78 is 11.3. The van der Waals surface area contributed by atoms with Gasteiger partial charge >= 0.3 is 6.09 Å². The molecular formula is C25H31NO4. The second-order valence-electron chi connectivity index (χ2n) is 7.75. The molecule has 2 aliphatic rings. The first-order valence-corrected chi connectivity index (χ1v) is 10.6. The van der Waals surface area contributed by atoms with E-state index in [0.29, 0.717) is 32.1 Å². The predicted molar refractivity (Wildman–Crippen MR) is 118 cm³/mol. The molecule has 0 spiro atoms. The largest absolute Gasteiger partial charge is 0.445 e. The number of hydrogen-bond acceptors (Lipinski definition) is 4. The lowest BCUT2D eigenvalue weighted by Gasteiger charge is -2.30. The van der Waals surface area contributed by atoms with Crippen molar-refractivity contribution in [3.8, 4) is 0 Å². The van der Waals surface area contributed by atoms with Gasteiger partial charge in [0.2, 0.25) is 0 Å². The summed E-state index contributed by atoms with van der Waals surface area (Å²) in [7, 11) is 0. The smallest absolute Gasteiger partial charge is 0.407 e. The van der Waals surface area contributed by atoms with Crippen molar-refractivity contribution in [2.45, 2.75) is 26.4 Å². The molecule has 0 fully saturated rings. The molecule has 3 rings (SSSR count). The predicted octanol–water partition coefficient (Wildman–Crippen LogP) is 4.32. The zero-order valence-corrected chi connectivity index (χ0v) is 17.5. The maximum Gasteiger partial charge on any atom is 0.407 e. The van der Waals surface area contributed by atoms with Crippen LogP contribution >= 0.6 is 0 Å². The third kappa shape index (κ3) is 6.44. The second kappa shape index (κ2) is 11.5. The number of fused-ring (bicyclic) bond motifs is 1. The fraction of sp³-hybridized carbons (Fsp3) is 0.400. The van der Waals surface area contributed by atoms with Crippen molar-refractivity contribution in [1.29, 1.82) is 0 Å². The van der Waals surface area contributed by atoms with Crippen molar-refractivity contribution in [1.82, 2.24) is 5.32 Å². The van der Waals surface area contributed by atoms with Crippen molar-refractivity contribution >= 4 is 6.09 Å². The van der Waals surface area contributed by atoms with E-state index in [-0.39, 0.29) is 19.1 Å². The number of benzene rings is 1. The number of nitrogens with one attached hydrogen (secondary N) is 1. The fourth-order valence-electron chi connectivity index (χ4n) is 3.68. The van der Waals surface area contributed by atoms with Gasteiger partial charge in [0.05, 0.1) is 13.2 Å². The van der Waals surface area contributed by atoms with Crippen LogP contribution in [0, 0.1) is 11.8 Å². The van der Waals surface area contributed by atoms with Gasteiger partial charge < -0.3 is 19.9 Å². The Balaban J connectivity index is 1.50. The van der Waals surface area contributed by atoms with Crippen molar-refractivity contribution < 1.29 is 19.4 Å². The van der Waals surface area contributed by atoms with E-state index in [4.69, 9.17) is 14.6 Å². The van der Waals surface area contributed by atoms with Crippen LogP contribution in [-0.4, -0.2) is 37.6 Å². The van der Waals surface area contributed by atoms with Crippen molar-refractivity contribution in [3.05, 3.63) is 83.0 Å². The third-order valence-corrected chi connectivity index (χ3v) is 5.47. The van der Waals surface area contributed by atoms with E-state index in [1.807, 2.05) is 30.4 Å². The van der Waals surface area contributed by atoms with Crippen LogP contribution in [0.3, 0.4) is 0 Å². The fourth-order valence-corrected chi connectivity index (χ4v) is 3.68. The second-order valence-corrected chi connectivity index (χ2v) is 7.75. The van der Waals surface area contributed by atoms with E-state index in [2.05, 4.69) is 42.6 Å². The van der Waals surface area contributed by atoms with Crippen LogP contribution in [0.25, 0.3) is 0 Å². The maximum atomic E-state index is 11.8. The van der Waals surface area contributed by atoms with Crippen LogP contribution < -0.4 is 5.32 Å². The summed E-state index contributed by atoms with van der Waals surface area (Å²) in [5.41, 5.74) is 4.88. The van der Waals surface area contributed by atoms with E-state index >= 15 is 0 Å². The van der Waals surface area contributed by atoms with Crippen LogP contribution in [0.4, 0.5) is 4.79 Å². The standard InChI is InChI=1S/C25H31NO4/c1-19(16-29-17-20-7-3-2-4-8-20)22-12-11-21-9-5-10-23(24(21)15-22)18-30-25(28)26-13-6-14-27/h2-5,7-12,19,24,27H,6,13-18H2,1H3,(H,26,28)/t19-,24?/m1/s1. The highest BCUT2D eigenvalue weighted by Crippen LogP contribution is 2.37. The number of carbonyl (C=O) groups excluding carboxylic acids is 1. The molecule has 0 bridgehead atoms. The van der Waals surface area contributed by atoms with E-state index in [0.717, 1.165) is 12.0 Å². The zero-order chi connectivity index (χ0) is 21.2. The molecule has 1 aromatic rings. The van der Waals surface area contributed by atoms with E-state index in [9.17, 15) is 4.79 Å². The molecule has 1 unspecified atom stereocenters. The number of aliphatic hydroxyl groups is 1. The first-order valence-electron chi connectivity index (χ1n) is 10.6. The highest BCUT2D eigenvalue weighted by atomic mass is 16.5. The number of ether oxygens (including phenoxy) is 2. The first kappa shape index (κ1) is 22.1. The van der Waals surface area contributed by atoms with Gasteiger partial charge in [-0.25, -0.2) is 4.79 Å². The number of carbonyl (C=O) groups is 1. The monoisotopic (exact) mass is 409 g/mol. The summed E-state index contributed by atoms with van der Waals surface area (Å²) >= 11 is 0. The molecule has 1 aromatic carbocycles. The van der Waals surface area contributed by atoms with Crippen LogP contribution in [0.1, 0.15) is 25.3 Å². The summed E-state index contributed by atoms with van der Waals surface area (Å²) in [6.07, 6.45) is 11.5. The Morgan fingerprint density at radius 3 is 2.83 bits per heavy atom. The molecule has 30 heavy (non-hydrogen) atoms. The van der Waals surface area contributed by atoms with Gasteiger partial charge in [-0.1, -0.05) is 73.2 Å². The molecule has 0 heterocycles. The molecule has 160 valence electrons. The minimum atomic E-state index is -0.446. The first-order chi connectivity index (χ1) is 14.7. The Morgan fingerprint density at radius 1 is 1.20 bits per heavy atom. The summed E-state index contributed by atoms with van der Waals surface area (Å²) in [5, 5.41) is 11.4. The minimum Gasteiger partial charge on any atom is -0.445 e. The average Bonchev–Trinajstić information content (AvgIpc) is 2.78. The van der Waals surface area contributed by atoms with Gasteiger partial charge in [0.15, 0.2) is 0 Å². The Morgan fingerprint density at radius 2 is 2.03 bits per heavy atom. The van der Waals surface area contributed by atoms with E-state index < -0.39 is 6.09 Å². The van der Waals surface area contributed by atoms with Crippen LogP contribution in [-0.2, 0) is 16.1 Å². The van der Waals surface area contributed by atoms with Crippen LogP contribution in [0.2, 0.25) is 0 Å². The molecule has 0 aromatic heterocycles. The molecule has 0 aliphatic heterocycles. The van der Waals surface area contributed by atoms with Crippen LogP contribution in [0.5, 0.6) is 0 Å². The maximum absolute atomic E-state index is 11.8. The third-order valence-electron chi connectivity index (χ3n) is 5.47. The number of amides is 1. The number of hydrogen-bond donors (Lipinski definition) is 2. The number of rotatable bonds is 10. The Labute approximate surface area is 178 Å². The molecular weight excluding hydrogens is 378 g/mol. The molecule has 1 amide bonds. The van der Waals surface area contributed by atoms with Crippen molar-refractivity contribution in [3.63, 3.8) is 0 Å². The van der Waals surface area contributed by atoms with Gasteiger partial charge in [-0.3, -0.25) is 0 Å². The SMILES string of the molecule is C[C@H](COCc1ccccc1)C1=CC=C2C=CC=C(COC(=O)NCCCO)C2C1. The van der Waals surface area contributed by atoms with Crippen molar-refractivity contribution in [2.24, 2.45) is 11.8 Å². The molecule has 0 saturated carbocycles. The molecule has 5 nitrogen and oxygen atoms in total. The van der Waals surface area contributed by atoms with E-state index in [1.165, 1.54) is 16.7 Å². The molecule has 5 heteroatoms. The lowest BCUT2D eigenvalue weighted by Crippen LogP contribution is -2.28. The molecule has 2 atom stereocenters. The molecule has 2 N–H and O–H groups in total. The lowest BCUT2D eigenvalue weighted by atomic mass is 9.77. The van der Waals surface area contributed by atoms with Crippen LogP contribution in [0.15, 0.2) is 77.4 Å². The van der Waals surface area contributed by atoms with Gasteiger partial charge in [-0.05, 0) is 29.6 Å². The van der Waals surface area contributed by atoms with Crippen molar-refractivity contribution in [2.75, 3.05) is 26.4 Å². The number of alkyl carbamates (subject to hydrolysis) is 1. The van der Waals surface area contributed by atoms with Gasteiger partial charge in [0, 0.05) is 25.0 Å². The quantitative estimate of drug-likeness (QED) is 0.565. The minimum absolute atomic E-state index is 0.0504. The average molecular weight is 410 g/mol. The molecule has 0 saturated heterocycles. The normalized spacial score (nSPS) is 18.6. The van der Waals surface area contributed by atoms with Gasteiger partial charge in [-0.15, -0.1) is 0 Å². The molecule has 2 aliphatic carbocycles. The molecule has 0 radical (unpaired) electrons. The highest BCUT2D eigenvalue weighted by Gasteiger charge is 2.26.